The van der Waals surface area contributed by atoms with Crippen LogP contribution in [-0.4, -0.2) is 45.8 Å². The molecule has 0 radical (unpaired) electrons. The summed E-state index contributed by atoms with van der Waals surface area (Å²) in [6.45, 7) is 7.52. The third-order valence-electron chi connectivity index (χ3n) is 7.18. The molecule has 192 valence electrons. The number of aliphatic imine (C=N–C) groups is 1. The van der Waals surface area contributed by atoms with Gasteiger partial charge in [-0.15, -0.1) is 5.10 Å². The summed E-state index contributed by atoms with van der Waals surface area (Å²) in [6.07, 6.45) is 14.2. The van der Waals surface area contributed by atoms with E-state index in [4.69, 9.17) is 0 Å². The molecule has 1 unspecified atom stereocenters. The molecule has 37 heavy (non-hydrogen) atoms. The van der Waals surface area contributed by atoms with Crippen LogP contribution in [0.15, 0.2) is 58.7 Å². The first-order valence-electron chi connectivity index (χ1n) is 13.0. The van der Waals surface area contributed by atoms with Crippen molar-refractivity contribution >= 4 is 6.21 Å². The number of hydrogen-bond acceptors (Lipinski definition) is 6. The molecule has 4 aromatic rings. The van der Waals surface area contributed by atoms with Crippen LogP contribution in [0.5, 0.6) is 0 Å². The summed E-state index contributed by atoms with van der Waals surface area (Å²) < 4.78 is 5.66. The maximum Gasteiger partial charge on any atom is 0.334 e. The Morgan fingerprint density at radius 1 is 1.19 bits per heavy atom. The van der Waals surface area contributed by atoms with E-state index in [-0.39, 0.29) is 5.69 Å². The molecule has 0 aliphatic carbocycles. The topological polar surface area (TPSA) is 112 Å². The molecule has 1 aliphatic rings. The normalized spacial score (nSPS) is 17.1. The van der Waals surface area contributed by atoms with Crippen LogP contribution >= 0.6 is 0 Å². The minimum absolute atomic E-state index is 0.0399. The van der Waals surface area contributed by atoms with Crippen molar-refractivity contribution in [1.29, 1.82) is 0 Å². The van der Waals surface area contributed by atoms with Crippen LogP contribution in [0.1, 0.15) is 56.9 Å². The monoisotopic (exact) mass is 499 g/mol. The number of hydrogen-bond donors (Lipinski definition) is 1. The molecule has 4 heterocycles. The number of tetrazole rings is 1. The largest absolute Gasteiger partial charge is 0.334 e. The van der Waals surface area contributed by atoms with Crippen LogP contribution in [0.4, 0.5) is 0 Å². The molecular weight excluding hydrogens is 466 g/mol. The lowest BCUT2D eigenvalue weighted by Crippen LogP contribution is -2.37. The fraction of sp³-hybridized carbons (Fsp3) is 0.407. The quantitative estimate of drug-likeness (QED) is 0.356. The molecule has 3 aromatic heterocycles. The van der Waals surface area contributed by atoms with E-state index < -0.39 is 5.41 Å². The number of benzene rings is 1. The van der Waals surface area contributed by atoms with Crippen molar-refractivity contribution in [3.8, 4) is 17.2 Å². The summed E-state index contributed by atoms with van der Waals surface area (Å²) in [5.41, 5.74) is 3.59. The van der Waals surface area contributed by atoms with Gasteiger partial charge < -0.3 is 0 Å². The van der Waals surface area contributed by atoms with Gasteiger partial charge in [-0.3, -0.25) is 14.1 Å². The molecule has 0 spiro atoms. The highest BCUT2D eigenvalue weighted by Crippen LogP contribution is 2.35. The predicted molar refractivity (Wildman–Crippen MR) is 143 cm³/mol. The summed E-state index contributed by atoms with van der Waals surface area (Å²) in [4.78, 5) is 18.4. The second kappa shape index (κ2) is 10.5. The Kier molecular flexibility index (Phi) is 6.98. The van der Waals surface area contributed by atoms with E-state index in [0.29, 0.717) is 25.3 Å². The number of aryl methyl sites for hydroxylation is 3. The molecule has 1 aromatic carbocycles. The van der Waals surface area contributed by atoms with Crippen LogP contribution in [-0.2, 0) is 31.3 Å². The Balaban J connectivity index is 1.63. The summed E-state index contributed by atoms with van der Waals surface area (Å²) in [5.74, 6) is 1.47. The van der Waals surface area contributed by atoms with Crippen molar-refractivity contribution in [2.75, 3.05) is 0 Å². The number of H-pyrrole nitrogens is 1. The standard InChI is InChI=1S/C27H33N9O/c1-4-7-11-23-18-34(25-20(5-2)17-29-36(25)6-3)26(37)35(23)19-27(12-14-28-15-13-27)22-10-8-9-21(16-22)24-30-32-33-31-24/h8-10,12,14-18H,4-7,11,13,19H2,1-3H3,(H,30,31,32,33). The minimum atomic E-state index is -0.444. The fourth-order valence-corrected chi connectivity index (χ4v) is 5.08. The first kappa shape index (κ1) is 24.6. The van der Waals surface area contributed by atoms with Gasteiger partial charge in [-0.1, -0.05) is 44.5 Å². The fourth-order valence-electron chi connectivity index (χ4n) is 5.08. The number of unbranched alkanes of at least 4 members (excludes halogenated alkanes) is 1. The zero-order chi connectivity index (χ0) is 25.8. The van der Waals surface area contributed by atoms with Gasteiger partial charge in [0.15, 0.2) is 5.82 Å². The van der Waals surface area contributed by atoms with Gasteiger partial charge in [-0.25, -0.2) is 14.6 Å². The number of aromatic nitrogens is 8. The second-order valence-electron chi connectivity index (χ2n) is 9.46. The van der Waals surface area contributed by atoms with Crippen LogP contribution in [0.3, 0.4) is 0 Å². The highest BCUT2D eigenvalue weighted by molar-refractivity contribution is 5.65. The number of nitrogens with one attached hydrogen (secondary N) is 1. The SMILES string of the molecule is CCCCc1cn(-c2c(CC)cnn2CC)c(=O)n1CC1(c2cccc(-c3nnn[nH]3)c2)C=CN=CC1. The smallest absolute Gasteiger partial charge is 0.295 e. The van der Waals surface area contributed by atoms with Crippen LogP contribution in [0.25, 0.3) is 17.2 Å². The average molecular weight is 500 g/mol. The summed E-state index contributed by atoms with van der Waals surface area (Å²) in [7, 11) is 0. The lowest BCUT2D eigenvalue weighted by atomic mass is 9.76. The predicted octanol–water partition coefficient (Wildman–Crippen LogP) is 3.87. The molecule has 10 nitrogen and oxygen atoms in total. The van der Waals surface area contributed by atoms with Gasteiger partial charge in [-0.05, 0) is 54.7 Å². The number of rotatable bonds is 10. The van der Waals surface area contributed by atoms with Crippen molar-refractivity contribution in [3.05, 3.63) is 76.2 Å². The molecule has 0 fully saturated rings. The first-order valence-corrected chi connectivity index (χ1v) is 13.0. The van der Waals surface area contributed by atoms with Gasteiger partial charge in [0.1, 0.15) is 5.82 Å². The summed E-state index contributed by atoms with van der Waals surface area (Å²) in [5, 5.41) is 18.9. The van der Waals surface area contributed by atoms with Crippen molar-refractivity contribution < 1.29 is 0 Å². The minimum Gasteiger partial charge on any atom is -0.295 e. The maximum atomic E-state index is 14.1. The molecule has 0 bridgehead atoms. The van der Waals surface area contributed by atoms with E-state index in [2.05, 4.69) is 62.8 Å². The second-order valence-corrected chi connectivity index (χ2v) is 9.46. The van der Waals surface area contributed by atoms with Gasteiger partial charge in [0.2, 0.25) is 0 Å². The molecule has 1 N–H and O–H groups in total. The molecule has 5 rings (SSSR count). The molecule has 0 saturated carbocycles. The van der Waals surface area contributed by atoms with E-state index in [0.717, 1.165) is 53.9 Å². The third-order valence-corrected chi connectivity index (χ3v) is 7.18. The Morgan fingerprint density at radius 2 is 2.08 bits per heavy atom. The Hall–Kier alpha value is -4.08. The highest BCUT2D eigenvalue weighted by Gasteiger charge is 2.33. The van der Waals surface area contributed by atoms with Crippen LogP contribution in [0.2, 0.25) is 0 Å². The zero-order valence-corrected chi connectivity index (χ0v) is 21.6. The number of allylic oxidation sites excluding steroid dienone is 1. The molecule has 10 heteroatoms. The first-order chi connectivity index (χ1) is 18.1. The Labute approximate surface area is 215 Å². The Bertz CT molecular complexity index is 1450. The Morgan fingerprint density at radius 3 is 2.78 bits per heavy atom. The van der Waals surface area contributed by atoms with Crippen molar-refractivity contribution in [3.63, 3.8) is 0 Å². The van der Waals surface area contributed by atoms with Crippen molar-refractivity contribution in [2.45, 2.75) is 71.4 Å². The average Bonchev–Trinajstić information content (AvgIpc) is 3.68. The van der Waals surface area contributed by atoms with Crippen molar-refractivity contribution in [1.82, 2.24) is 39.5 Å². The van der Waals surface area contributed by atoms with Gasteiger partial charge >= 0.3 is 5.69 Å². The van der Waals surface area contributed by atoms with Crippen LogP contribution < -0.4 is 5.69 Å². The van der Waals surface area contributed by atoms with E-state index in [1.54, 1.807) is 4.57 Å². The molecular formula is C27H33N9O. The van der Waals surface area contributed by atoms with E-state index in [9.17, 15) is 4.79 Å². The lowest BCUT2D eigenvalue weighted by Gasteiger charge is -2.32. The van der Waals surface area contributed by atoms with Gasteiger partial charge in [0, 0.05) is 53.9 Å². The van der Waals surface area contributed by atoms with Gasteiger partial charge in [0.05, 0.1) is 6.20 Å². The maximum absolute atomic E-state index is 14.1. The summed E-state index contributed by atoms with van der Waals surface area (Å²) in [6, 6.07) is 8.19. The lowest BCUT2D eigenvalue weighted by molar-refractivity contribution is 0.438. The van der Waals surface area contributed by atoms with E-state index >= 15 is 0 Å². The van der Waals surface area contributed by atoms with E-state index in [1.807, 2.05) is 53.1 Å². The number of nitrogens with zero attached hydrogens (tertiary/aromatic N) is 8. The summed E-state index contributed by atoms with van der Waals surface area (Å²) >= 11 is 0. The van der Waals surface area contributed by atoms with Crippen LogP contribution in [0, 0.1) is 0 Å². The zero-order valence-electron chi connectivity index (χ0n) is 21.6. The molecule has 0 saturated heterocycles. The van der Waals surface area contributed by atoms with Gasteiger partial charge in [0.25, 0.3) is 0 Å². The molecule has 1 atom stereocenters. The molecule has 0 amide bonds. The van der Waals surface area contributed by atoms with Gasteiger partial charge in [-0.2, -0.15) is 5.10 Å². The number of aromatic amines is 1. The highest BCUT2D eigenvalue weighted by atomic mass is 16.1. The van der Waals surface area contributed by atoms with E-state index in [1.165, 1.54) is 0 Å². The number of imidazole rings is 1. The van der Waals surface area contributed by atoms with Crippen molar-refractivity contribution in [2.24, 2.45) is 4.99 Å². The molecule has 1 aliphatic heterocycles. The third kappa shape index (κ3) is 4.59.